The summed E-state index contributed by atoms with van der Waals surface area (Å²) in [6.45, 7) is 4.77. The lowest BCUT2D eigenvalue weighted by Crippen LogP contribution is -2.27. The van der Waals surface area contributed by atoms with E-state index in [-0.39, 0.29) is 5.91 Å². The first kappa shape index (κ1) is 24.0. The second-order valence-electron chi connectivity index (χ2n) is 7.89. The number of carbonyl (C=O) groups excluding carboxylic acids is 1. The van der Waals surface area contributed by atoms with E-state index in [0.717, 1.165) is 31.9 Å². The predicted octanol–water partition coefficient (Wildman–Crippen LogP) is 5.44. The number of thiophene rings is 1. The molecule has 0 unspecified atom stereocenters. The van der Waals surface area contributed by atoms with Crippen molar-refractivity contribution in [1.29, 1.82) is 0 Å². The van der Waals surface area contributed by atoms with Crippen LogP contribution in [0.5, 0.6) is 11.5 Å². The van der Waals surface area contributed by atoms with Crippen LogP contribution in [-0.4, -0.2) is 42.4 Å². The number of aromatic nitrogens is 2. The molecule has 6 nitrogen and oxygen atoms in total. The maximum atomic E-state index is 12.5. The number of hydrogen-bond acceptors (Lipinski definition) is 7. The summed E-state index contributed by atoms with van der Waals surface area (Å²) in [7, 11) is 3.23. The van der Waals surface area contributed by atoms with Crippen molar-refractivity contribution in [2.45, 2.75) is 25.3 Å². The number of benzene rings is 2. The van der Waals surface area contributed by atoms with Gasteiger partial charge in [-0.1, -0.05) is 36.0 Å². The van der Waals surface area contributed by atoms with Crippen LogP contribution in [0.15, 0.2) is 53.1 Å². The van der Waals surface area contributed by atoms with Crippen molar-refractivity contribution in [2.24, 2.45) is 0 Å². The smallest absolute Gasteiger partial charge is 0.230 e. The van der Waals surface area contributed by atoms with E-state index in [2.05, 4.69) is 52.7 Å². The number of nitrogens with one attached hydrogen (secondary N) is 1. The molecule has 4 aromatic rings. The van der Waals surface area contributed by atoms with Crippen molar-refractivity contribution in [3.8, 4) is 22.6 Å². The molecule has 0 aliphatic carbocycles. The van der Waals surface area contributed by atoms with Gasteiger partial charge in [-0.25, -0.2) is 9.97 Å². The second kappa shape index (κ2) is 10.9. The van der Waals surface area contributed by atoms with Gasteiger partial charge in [-0.05, 0) is 54.7 Å². The first-order chi connectivity index (χ1) is 16.5. The van der Waals surface area contributed by atoms with E-state index in [9.17, 15) is 4.79 Å². The molecule has 176 valence electrons. The minimum atomic E-state index is -0.0276. The third kappa shape index (κ3) is 5.34. The molecular formula is C26H27N3O3S2. The van der Waals surface area contributed by atoms with Gasteiger partial charge in [0.25, 0.3) is 0 Å². The SMILES string of the molecule is COc1ccc(CCNC(=O)CSc2ncnc3scc(-c4ccc(C)c(C)c4)c23)cc1OC. The molecule has 2 aromatic heterocycles. The van der Waals surface area contributed by atoms with E-state index >= 15 is 0 Å². The Bertz CT molecular complexity index is 1320. The zero-order chi connectivity index (χ0) is 24.1. The zero-order valence-electron chi connectivity index (χ0n) is 19.7. The molecule has 4 rings (SSSR count). The summed E-state index contributed by atoms with van der Waals surface area (Å²) in [5.41, 5.74) is 5.83. The number of thioether (sulfide) groups is 1. The normalized spacial score (nSPS) is 10.9. The molecule has 0 fully saturated rings. The molecule has 8 heteroatoms. The largest absolute Gasteiger partial charge is 0.493 e. The Labute approximate surface area is 207 Å². The van der Waals surface area contributed by atoms with Crippen LogP contribution in [0.2, 0.25) is 0 Å². The Morgan fingerprint density at radius 1 is 1.03 bits per heavy atom. The summed E-state index contributed by atoms with van der Waals surface area (Å²) in [5.74, 6) is 1.64. The van der Waals surface area contributed by atoms with Crippen molar-refractivity contribution in [1.82, 2.24) is 15.3 Å². The van der Waals surface area contributed by atoms with Crippen molar-refractivity contribution < 1.29 is 14.3 Å². The maximum absolute atomic E-state index is 12.5. The van der Waals surface area contributed by atoms with Gasteiger partial charge in [0.15, 0.2) is 11.5 Å². The van der Waals surface area contributed by atoms with Crippen LogP contribution < -0.4 is 14.8 Å². The fourth-order valence-electron chi connectivity index (χ4n) is 3.65. The van der Waals surface area contributed by atoms with Gasteiger partial charge in [0.05, 0.1) is 25.4 Å². The number of methoxy groups -OCH3 is 2. The third-order valence-electron chi connectivity index (χ3n) is 5.68. The van der Waals surface area contributed by atoms with Gasteiger partial charge < -0.3 is 14.8 Å². The topological polar surface area (TPSA) is 73.3 Å². The van der Waals surface area contributed by atoms with E-state index in [0.29, 0.717) is 30.2 Å². The number of nitrogens with zero attached hydrogens (tertiary/aromatic N) is 2. The van der Waals surface area contributed by atoms with Gasteiger partial charge in [0.2, 0.25) is 5.91 Å². The maximum Gasteiger partial charge on any atom is 0.230 e. The number of hydrogen-bond donors (Lipinski definition) is 1. The van der Waals surface area contributed by atoms with Crippen molar-refractivity contribution in [3.05, 3.63) is 64.8 Å². The summed E-state index contributed by atoms with van der Waals surface area (Å²) >= 11 is 3.04. The molecule has 2 aromatic carbocycles. The lowest BCUT2D eigenvalue weighted by Gasteiger charge is -2.10. The number of aryl methyl sites for hydroxylation is 2. The molecular weight excluding hydrogens is 466 g/mol. The van der Waals surface area contributed by atoms with Gasteiger partial charge in [-0.2, -0.15) is 0 Å². The number of rotatable bonds is 9. The van der Waals surface area contributed by atoms with Crippen molar-refractivity contribution >= 4 is 39.2 Å². The molecule has 0 saturated carbocycles. The molecule has 0 spiro atoms. The second-order valence-corrected chi connectivity index (χ2v) is 9.71. The third-order valence-corrected chi connectivity index (χ3v) is 7.55. The minimum Gasteiger partial charge on any atom is -0.493 e. The lowest BCUT2D eigenvalue weighted by molar-refractivity contribution is -0.118. The monoisotopic (exact) mass is 493 g/mol. The van der Waals surface area contributed by atoms with Crippen LogP contribution in [-0.2, 0) is 11.2 Å². The summed E-state index contributed by atoms with van der Waals surface area (Å²) in [6.07, 6.45) is 2.27. The Kier molecular flexibility index (Phi) is 7.70. The standard InChI is InChI=1S/C26H27N3O3S2/c1-16-5-7-19(11-17(16)2)20-13-33-25-24(20)26(29-15-28-25)34-14-23(30)27-10-9-18-6-8-21(31-3)22(12-18)32-4/h5-8,11-13,15H,9-10,14H2,1-4H3,(H,27,30). The molecule has 34 heavy (non-hydrogen) atoms. The van der Waals surface area contributed by atoms with Gasteiger partial charge in [0.1, 0.15) is 16.2 Å². The zero-order valence-corrected chi connectivity index (χ0v) is 21.3. The predicted molar refractivity (Wildman–Crippen MR) is 139 cm³/mol. The van der Waals surface area contributed by atoms with Gasteiger partial charge in [-0.3, -0.25) is 4.79 Å². The number of ether oxygens (including phenoxy) is 2. The number of amides is 1. The average molecular weight is 494 g/mol. The molecule has 0 aliphatic heterocycles. The minimum absolute atomic E-state index is 0.0276. The van der Waals surface area contributed by atoms with Crippen LogP contribution >= 0.6 is 23.1 Å². The molecule has 0 saturated heterocycles. The van der Waals surface area contributed by atoms with Crippen molar-refractivity contribution in [3.63, 3.8) is 0 Å². The summed E-state index contributed by atoms with van der Waals surface area (Å²) < 4.78 is 10.6. The number of fused-ring (bicyclic) bond motifs is 1. The first-order valence-corrected chi connectivity index (χ1v) is 12.8. The Morgan fingerprint density at radius 2 is 1.85 bits per heavy atom. The van der Waals surface area contributed by atoms with E-state index in [1.54, 1.807) is 31.9 Å². The molecule has 0 radical (unpaired) electrons. The molecule has 1 amide bonds. The van der Waals surface area contributed by atoms with E-state index in [1.807, 2.05) is 18.2 Å². The summed E-state index contributed by atoms with van der Waals surface area (Å²) in [5, 5.41) is 6.96. The van der Waals surface area contributed by atoms with Gasteiger partial charge in [-0.15, -0.1) is 11.3 Å². The number of carbonyl (C=O) groups is 1. The highest BCUT2D eigenvalue weighted by Gasteiger charge is 2.15. The lowest BCUT2D eigenvalue weighted by atomic mass is 10.0. The quantitative estimate of drug-likeness (QED) is 0.247. The van der Waals surface area contributed by atoms with Crippen LogP contribution in [0.4, 0.5) is 0 Å². The van der Waals surface area contributed by atoms with Crippen LogP contribution in [0, 0.1) is 13.8 Å². The van der Waals surface area contributed by atoms with Gasteiger partial charge in [0, 0.05) is 17.5 Å². The Hall–Kier alpha value is -3.10. The van der Waals surface area contributed by atoms with Gasteiger partial charge >= 0.3 is 0 Å². The average Bonchev–Trinajstić information content (AvgIpc) is 3.29. The molecule has 0 bridgehead atoms. The molecule has 0 aliphatic rings. The Balaban J connectivity index is 1.40. The van der Waals surface area contributed by atoms with Crippen LogP contribution in [0.1, 0.15) is 16.7 Å². The highest BCUT2D eigenvalue weighted by Crippen LogP contribution is 2.38. The van der Waals surface area contributed by atoms with E-state index < -0.39 is 0 Å². The Morgan fingerprint density at radius 3 is 2.62 bits per heavy atom. The van der Waals surface area contributed by atoms with E-state index in [4.69, 9.17) is 9.47 Å². The molecule has 2 heterocycles. The molecule has 0 atom stereocenters. The summed E-state index contributed by atoms with van der Waals surface area (Å²) in [4.78, 5) is 22.4. The fraction of sp³-hybridized carbons (Fsp3) is 0.269. The van der Waals surface area contributed by atoms with Crippen LogP contribution in [0.3, 0.4) is 0 Å². The highest BCUT2D eigenvalue weighted by molar-refractivity contribution is 8.00. The first-order valence-electron chi connectivity index (χ1n) is 10.9. The fourth-order valence-corrected chi connectivity index (χ4v) is 5.47. The molecule has 1 N–H and O–H groups in total. The highest BCUT2D eigenvalue weighted by atomic mass is 32.2. The summed E-state index contributed by atoms with van der Waals surface area (Å²) in [6, 6.07) is 12.2. The van der Waals surface area contributed by atoms with Crippen molar-refractivity contribution in [2.75, 3.05) is 26.5 Å². The van der Waals surface area contributed by atoms with Crippen LogP contribution in [0.25, 0.3) is 21.3 Å². The van der Waals surface area contributed by atoms with E-state index in [1.165, 1.54) is 22.9 Å².